The highest BCUT2D eigenvalue weighted by atomic mass is 16.3. The van der Waals surface area contributed by atoms with E-state index in [-0.39, 0.29) is 0 Å². The molecule has 0 atom stereocenters. The Balaban J connectivity index is 1.74. The number of aromatic nitrogens is 1. The van der Waals surface area contributed by atoms with E-state index in [0.29, 0.717) is 11.6 Å². The normalized spacial score (nSPS) is 15.1. The molecule has 1 aliphatic heterocycles. The van der Waals surface area contributed by atoms with Gasteiger partial charge in [0.25, 0.3) is 0 Å². The fraction of sp³-hybridized carbons (Fsp3) is 0.308. The van der Waals surface area contributed by atoms with Crippen molar-refractivity contribution in [3.8, 4) is 5.75 Å². The molecule has 0 spiro atoms. The summed E-state index contributed by atoms with van der Waals surface area (Å²) < 4.78 is 5.19. The van der Waals surface area contributed by atoms with Crippen LogP contribution < -0.4 is 0 Å². The van der Waals surface area contributed by atoms with Crippen LogP contribution in [0.1, 0.15) is 22.7 Å². The van der Waals surface area contributed by atoms with E-state index in [1.54, 1.807) is 12.3 Å². The molecule has 88 valence electrons. The zero-order valence-electron chi connectivity index (χ0n) is 9.68. The molecule has 2 heterocycles. The van der Waals surface area contributed by atoms with Gasteiger partial charge in [-0.2, -0.15) is 0 Å². The van der Waals surface area contributed by atoms with Crippen LogP contribution in [0.3, 0.4) is 0 Å². The van der Waals surface area contributed by atoms with Gasteiger partial charge in [-0.3, -0.25) is 4.90 Å². The Morgan fingerprint density at radius 3 is 2.94 bits per heavy atom. The molecule has 1 aliphatic rings. The molecule has 1 N–H and O–H groups in total. The van der Waals surface area contributed by atoms with Crippen LogP contribution in [-0.2, 0) is 19.6 Å². The fourth-order valence-corrected chi connectivity index (χ4v) is 2.27. The van der Waals surface area contributed by atoms with Gasteiger partial charge < -0.3 is 9.52 Å². The molecule has 0 radical (unpaired) electrons. The van der Waals surface area contributed by atoms with Crippen LogP contribution in [0.15, 0.2) is 28.9 Å². The first-order chi connectivity index (χ1) is 8.20. The summed E-state index contributed by atoms with van der Waals surface area (Å²) in [6.45, 7) is 4.39. The lowest BCUT2D eigenvalue weighted by Crippen LogP contribution is -2.15. The Labute approximate surface area is 99.5 Å². The summed E-state index contributed by atoms with van der Waals surface area (Å²) in [5.74, 6) is 1.04. The third kappa shape index (κ3) is 2.03. The Bertz CT molecular complexity index is 546. The molecule has 1 aromatic heterocycles. The first kappa shape index (κ1) is 10.4. The molecular formula is C13H14N2O2. The number of nitrogens with zero attached hydrogens (tertiary/aromatic N) is 2. The third-order valence-electron chi connectivity index (χ3n) is 3.03. The number of rotatable bonds is 2. The summed E-state index contributed by atoms with van der Waals surface area (Å²) in [5.41, 5.74) is 3.44. The predicted molar refractivity (Wildman–Crippen MR) is 62.3 cm³/mol. The van der Waals surface area contributed by atoms with Gasteiger partial charge in [-0.05, 0) is 23.3 Å². The summed E-state index contributed by atoms with van der Waals surface area (Å²) in [6.07, 6.45) is 1.70. The fourth-order valence-electron chi connectivity index (χ4n) is 2.27. The summed E-state index contributed by atoms with van der Waals surface area (Å²) in [6, 6.07) is 5.56. The SMILES string of the molecule is Cc1nc(CN2Cc3ccc(O)cc3C2)co1. The average Bonchev–Trinajstić information content (AvgIpc) is 2.84. The van der Waals surface area contributed by atoms with Gasteiger partial charge in [0, 0.05) is 26.6 Å². The number of hydrogen-bond donors (Lipinski definition) is 1. The van der Waals surface area contributed by atoms with Crippen molar-refractivity contribution >= 4 is 0 Å². The third-order valence-corrected chi connectivity index (χ3v) is 3.03. The van der Waals surface area contributed by atoms with Crippen molar-refractivity contribution in [2.24, 2.45) is 0 Å². The molecule has 0 bridgehead atoms. The number of phenolic OH excluding ortho intramolecular Hbond substituents is 1. The molecule has 2 aromatic rings. The van der Waals surface area contributed by atoms with E-state index >= 15 is 0 Å². The summed E-state index contributed by atoms with van der Waals surface area (Å²) in [7, 11) is 0. The average molecular weight is 230 g/mol. The molecule has 0 amide bonds. The second-order valence-electron chi connectivity index (χ2n) is 4.46. The van der Waals surface area contributed by atoms with E-state index < -0.39 is 0 Å². The molecule has 0 aliphatic carbocycles. The molecule has 17 heavy (non-hydrogen) atoms. The standard InChI is InChI=1S/C13H14N2O2/c1-9-14-12(8-17-9)7-15-5-10-2-3-13(16)4-11(10)6-15/h2-4,8,16H,5-7H2,1H3. The van der Waals surface area contributed by atoms with Gasteiger partial charge in [0.2, 0.25) is 0 Å². The van der Waals surface area contributed by atoms with Crippen LogP contribution in [-0.4, -0.2) is 15.0 Å². The van der Waals surface area contributed by atoms with Crippen LogP contribution in [0.5, 0.6) is 5.75 Å². The summed E-state index contributed by atoms with van der Waals surface area (Å²) in [5, 5.41) is 9.43. The second kappa shape index (κ2) is 3.89. The van der Waals surface area contributed by atoms with Gasteiger partial charge in [0.05, 0.1) is 5.69 Å². The van der Waals surface area contributed by atoms with Crippen molar-refractivity contribution in [1.82, 2.24) is 9.88 Å². The minimum atomic E-state index is 0.336. The van der Waals surface area contributed by atoms with Crippen LogP contribution >= 0.6 is 0 Å². The number of hydrogen-bond acceptors (Lipinski definition) is 4. The summed E-state index contributed by atoms with van der Waals surface area (Å²) in [4.78, 5) is 6.58. The minimum absolute atomic E-state index is 0.336. The van der Waals surface area contributed by atoms with E-state index in [0.717, 1.165) is 25.3 Å². The maximum absolute atomic E-state index is 9.43. The number of aryl methyl sites for hydroxylation is 1. The van der Waals surface area contributed by atoms with E-state index in [4.69, 9.17) is 4.42 Å². The van der Waals surface area contributed by atoms with E-state index in [1.165, 1.54) is 11.1 Å². The largest absolute Gasteiger partial charge is 0.508 e. The van der Waals surface area contributed by atoms with Gasteiger partial charge in [-0.25, -0.2) is 4.98 Å². The Kier molecular flexibility index (Phi) is 2.37. The number of aromatic hydroxyl groups is 1. The van der Waals surface area contributed by atoms with Gasteiger partial charge in [0.15, 0.2) is 5.89 Å². The zero-order valence-corrected chi connectivity index (χ0v) is 9.68. The molecule has 0 saturated carbocycles. The van der Waals surface area contributed by atoms with Crippen LogP contribution in [0, 0.1) is 6.92 Å². The lowest BCUT2D eigenvalue weighted by molar-refractivity contribution is 0.272. The number of fused-ring (bicyclic) bond motifs is 1. The summed E-state index contributed by atoms with van der Waals surface area (Å²) >= 11 is 0. The maximum atomic E-state index is 9.43. The number of oxazole rings is 1. The molecular weight excluding hydrogens is 216 g/mol. The maximum Gasteiger partial charge on any atom is 0.191 e. The molecule has 0 unspecified atom stereocenters. The van der Waals surface area contributed by atoms with Crippen molar-refractivity contribution < 1.29 is 9.52 Å². The smallest absolute Gasteiger partial charge is 0.191 e. The molecule has 4 heteroatoms. The Hall–Kier alpha value is -1.81. The predicted octanol–water partition coefficient (Wildman–Crippen LogP) is 2.20. The highest BCUT2D eigenvalue weighted by molar-refractivity contribution is 5.37. The molecule has 0 fully saturated rings. The van der Waals surface area contributed by atoms with E-state index in [2.05, 4.69) is 9.88 Å². The highest BCUT2D eigenvalue weighted by Gasteiger charge is 2.20. The van der Waals surface area contributed by atoms with Crippen molar-refractivity contribution in [2.75, 3.05) is 0 Å². The monoisotopic (exact) mass is 230 g/mol. The van der Waals surface area contributed by atoms with Crippen LogP contribution in [0.25, 0.3) is 0 Å². The van der Waals surface area contributed by atoms with Gasteiger partial charge in [-0.15, -0.1) is 0 Å². The van der Waals surface area contributed by atoms with Crippen molar-refractivity contribution in [2.45, 2.75) is 26.6 Å². The molecule has 1 aromatic carbocycles. The lowest BCUT2D eigenvalue weighted by Gasteiger charge is -2.11. The highest BCUT2D eigenvalue weighted by Crippen LogP contribution is 2.27. The van der Waals surface area contributed by atoms with Crippen molar-refractivity contribution in [1.29, 1.82) is 0 Å². The van der Waals surface area contributed by atoms with Crippen LogP contribution in [0.4, 0.5) is 0 Å². The zero-order chi connectivity index (χ0) is 11.8. The van der Waals surface area contributed by atoms with Gasteiger partial charge in [-0.1, -0.05) is 6.07 Å². The van der Waals surface area contributed by atoms with Gasteiger partial charge in [0.1, 0.15) is 12.0 Å². The molecule has 0 saturated heterocycles. The van der Waals surface area contributed by atoms with Crippen molar-refractivity contribution in [3.05, 3.63) is 47.2 Å². The Morgan fingerprint density at radius 2 is 2.18 bits per heavy atom. The quantitative estimate of drug-likeness (QED) is 0.859. The molecule has 4 nitrogen and oxygen atoms in total. The van der Waals surface area contributed by atoms with E-state index in [1.807, 2.05) is 19.1 Å². The minimum Gasteiger partial charge on any atom is -0.508 e. The van der Waals surface area contributed by atoms with E-state index in [9.17, 15) is 5.11 Å². The topological polar surface area (TPSA) is 49.5 Å². The van der Waals surface area contributed by atoms with Crippen LogP contribution in [0.2, 0.25) is 0 Å². The lowest BCUT2D eigenvalue weighted by atomic mass is 10.1. The number of benzene rings is 1. The van der Waals surface area contributed by atoms with Crippen molar-refractivity contribution in [3.63, 3.8) is 0 Å². The molecule has 3 rings (SSSR count). The Morgan fingerprint density at radius 1 is 1.35 bits per heavy atom. The second-order valence-corrected chi connectivity index (χ2v) is 4.46. The first-order valence-electron chi connectivity index (χ1n) is 5.65. The van der Waals surface area contributed by atoms with Gasteiger partial charge >= 0.3 is 0 Å². The first-order valence-corrected chi connectivity index (χ1v) is 5.65. The number of phenols is 1.